The van der Waals surface area contributed by atoms with Gasteiger partial charge in [-0.05, 0) is 45.0 Å². The molecule has 0 radical (unpaired) electrons. The highest BCUT2D eigenvalue weighted by molar-refractivity contribution is 6.31. The van der Waals surface area contributed by atoms with Gasteiger partial charge in [0, 0.05) is 47.4 Å². The number of hydrogen-bond donors (Lipinski definition) is 0. The largest absolute Gasteiger partial charge is 0.486 e. The molecule has 3 heterocycles. The molecule has 1 aliphatic rings. The maximum Gasteiger partial charge on any atom is 0.331 e. The van der Waals surface area contributed by atoms with Gasteiger partial charge in [-0.2, -0.15) is 5.10 Å². The SMILES string of the molecule is Cc1nn(C)c(Cl)c1/C=C/C(=O)OCC(=O)c1cc(C)n(-c2ccc3c(c2)OCCO3)c1C. The van der Waals surface area contributed by atoms with Crippen LogP contribution in [0.3, 0.4) is 0 Å². The molecule has 1 aromatic carbocycles. The maximum absolute atomic E-state index is 12.8. The highest BCUT2D eigenvalue weighted by Gasteiger charge is 2.20. The molecule has 0 amide bonds. The molecule has 9 heteroatoms. The fourth-order valence-corrected chi connectivity index (χ4v) is 4.10. The van der Waals surface area contributed by atoms with Gasteiger partial charge < -0.3 is 18.8 Å². The molecule has 0 spiro atoms. The van der Waals surface area contributed by atoms with E-state index < -0.39 is 5.97 Å². The van der Waals surface area contributed by atoms with Gasteiger partial charge >= 0.3 is 5.97 Å². The van der Waals surface area contributed by atoms with E-state index in [1.165, 1.54) is 16.8 Å². The van der Waals surface area contributed by atoms with Crippen molar-refractivity contribution in [1.82, 2.24) is 14.3 Å². The zero-order chi connectivity index (χ0) is 23.7. The van der Waals surface area contributed by atoms with Crippen LogP contribution in [0.5, 0.6) is 11.5 Å². The number of ether oxygens (including phenoxy) is 3. The third kappa shape index (κ3) is 4.52. The van der Waals surface area contributed by atoms with Crippen LogP contribution in [0.4, 0.5) is 0 Å². The number of aromatic nitrogens is 3. The normalized spacial score (nSPS) is 12.9. The van der Waals surface area contributed by atoms with Crippen molar-refractivity contribution in [1.29, 1.82) is 0 Å². The number of nitrogens with zero attached hydrogens (tertiary/aromatic N) is 3. The minimum atomic E-state index is -0.636. The van der Waals surface area contributed by atoms with Gasteiger partial charge in [0.25, 0.3) is 0 Å². The van der Waals surface area contributed by atoms with Crippen molar-refractivity contribution in [2.75, 3.05) is 19.8 Å². The second-order valence-electron chi connectivity index (χ2n) is 7.73. The fraction of sp³-hybridized carbons (Fsp3) is 0.292. The maximum atomic E-state index is 12.8. The number of carbonyl (C=O) groups excluding carboxylic acids is 2. The molecule has 0 atom stereocenters. The molecule has 0 N–H and O–H groups in total. The van der Waals surface area contributed by atoms with Crippen molar-refractivity contribution in [3.8, 4) is 17.2 Å². The molecule has 0 unspecified atom stereocenters. The van der Waals surface area contributed by atoms with Gasteiger partial charge in [0.2, 0.25) is 5.78 Å². The Balaban J connectivity index is 1.46. The van der Waals surface area contributed by atoms with E-state index in [-0.39, 0.29) is 12.4 Å². The fourth-order valence-electron chi connectivity index (χ4n) is 3.86. The third-order valence-electron chi connectivity index (χ3n) is 5.44. The smallest absolute Gasteiger partial charge is 0.331 e. The van der Waals surface area contributed by atoms with Gasteiger partial charge in [0.05, 0.1) is 5.69 Å². The molecule has 1 aliphatic heterocycles. The predicted octanol–water partition coefficient (Wildman–Crippen LogP) is 4.00. The van der Waals surface area contributed by atoms with Crippen LogP contribution in [0.25, 0.3) is 11.8 Å². The van der Waals surface area contributed by atoms with Crippen LogP contribution in [0, 0.1) is 20.8 Å². The first-order valence-electron chi connectivity index (χ1n) is 10.4. The number of carbonyl (C=O) groups is 2. The van der Waals surface area contributed by atoms with Crippen molar-refractivity contribution >= 4 is 29.4 Å². The Labute approximate surface area is 196 Å². The van der Waals surface area contributed by atoms with Crippen LogP contribution >= 0.6 is 11.6 Å². The van der Waals surface area contributed by atoms with E-state index in [9.17, 15) is 9.59 Å². The Kier molecular flexibility index (Phi) is 6.29. The van der Waals surface area contributed by atoms with Crippen LogP contribution < -0.4 is 9.47 Å². The van der Waals surface area contributed by atoms with Crippen LogP contribution in [-0.2, 0) is 16.6 Å². The number of ketones is 1. The van der Waals surface area contributed by atoms with Crippen LogP contribution in [0.15, 0.2) is 30.3 Å². The molecule has 4 rings (SSSR count). The highest BCUT2D eigenvalue weighted by Crippen LogP contribution is 2.33. The molecule has 0 saturated heterocycles. The van der Waals surface area contributed by atoms with E-state index in [1.54, 1.807) is 20.0 Å². The number of aryl methyl sites for hydroxylation is 3. The Morgan fingerprint density at radius 2 is 1.88 bits per heavy atom. The van der Waals surface area contributed by atoms with E-state index in [2.05, 4.69) is 5.10 Å². The van der Waals surface area contributed by atoms with Crippen LogP contribution in [0.1, 0.15) is 33.0 Å². The van der Waals surface area contributed by atoms with Crippen molar-refractivity contribution in [2.24, 2.45) is 7.05 Å². The second-order valence-corrected chi connectivity index (χ2v) is 8.08. The first kappa shape index (κ1) is 22.7. The molecule has 0 aliphatic carbocycles. The van der Waals surface area contributed by atoms with E-state index in [0.717, 1.165) is 17.1 Å². The number of rotatable bonds is 6. The van der Waals surface area contributed by atoms with Crippen LogP contribution in [-0.4, -0.2) is 45.9 Å². The summed E-state index contributed by atoms with van der Waals surface area (Å²) in [6, 6.07) is 7.45. The van der Waals surface area contributed by atoms with E-state index >= 15 is 0 Å². The summed E-state index contributed by atoms with van der Waals surface area (Å²) >= 11 is 6.16. The number of fused-ring (bicyclic) bond motifs is 1. The van der Waals surface area contributed by atoms with Gasteiger partial charge in [-0.25, -0.2) is 4.79 Å². The summed E-state index contributed by atoms with van der Waals surface area (Å²) in [6.07, 6.45) is 2.77. The highest BCUT2D eigenvalue weighted by atomic mass is 35.5. The number of Topliss-reactive ketones (excluding diaryl/α,β-unsaturated/α-hetero) is 1. The zero-order valence-corrected chi connectivity index (χ0v) is 19.6. The molecule has 172 valence electrons. The Morgan fingerprint density at radius 1 is 1.15 bits per heavy atom. The number of halogens is 1. The molecule has 8 nitrogen and oxygen atoms in total. The minimum absolute atomic E-state index is 0.288. The summed E-state index contributed by atoms with van der Waals surface area (Å²) < 4.78 is 19.9. The molecular weight excluding hydrogens is 446 g/mol. The first-order valence-corrected chi connectivity index (χ1v) is 10.8. The monoisotopic (exact) mass is 469 g/mol. The molecule has 3 aromatic rings. The lowest BCUT2D eigenvalue weighted by atomic mass is 10.1. The molecule has 0 bridgehead atoms. The summed E-state index contributed by atoms with van der Waals surface area (Å²) in [5.41, 5.74) is 4.29. The predicted molar refractivity (Wildman–Crippen MR) is 124 cm³/mol. The topological polar surface area (TPSA) is 84.6 Å². The molecule has 2 aromatic heterocycles. The summed E-state index contributed by atoms with van der Waals surface area (Å²) in [4.78, 5) is 24.9. The van der Waals surface area contributed by atoms with Crippen LogP contribution in [0.2, 0.25) is 5.15 Å². The average molecular weight is 470 g/mol. The lowest BCUT2D eigenvalue weighted by molar-refractivity contribution is -0.136. The van der Waals surface area contributed by atoms with Crippen molar-refractivity contribution in [3.63, 3.8) is 0 Å². The first-order chi connectivity index (χ1) is 15.8. The summed E-state index contributed by atoms with van der Waals surface area (Å²) in [6.45, 7) is 6.21. The standard InChI is InChI=1S/C24H24ClN3O5/c1-14-11-19(16(3)28(14)17-5-7-21-22(12-17)32-10-9-31-21)20(29)13-33-23(30)8-6-18-15(2)26-27(4)24(18)25/h5-8,11-12H,9-10,13H2,1-4H3/b8-6+. The van der Waals surface area contributed by atoms with Gasteiger partial charge in [-0.15, -0.1) is 0 Å². The van der Waals surface area contributed by atoms with Crippen molar-refractivity contribution in [2.45, 2.75) is 20.8 Å². The van der Waals surface area contributed by atoms with Gasteiger partial charge in [-0.3, -0.25) is 9.48 Å². The number of benzene rings is 1. The third-order valence-corrected chi connectivity index (χ3v) is 5.89. The minimum Gasteiger partial charge on any atom is -0.486 e. The summed E-state index contributed by atoms with van der Waals surface area (Å²) in [7, 11) is 1.71. The van der Waals surface area contributed by atoms with Gasteiger partial charge in [0.15, 0.2) is 18.1 Å². The molecule has 0 fully saturated rings. The molecule has 0 saturated carbocycles. The molecular formula is C24H24ClN3O5. The Hall–Kier alpha value is -3.52. The average Bonchev–Trinajstić information content (AvgIpc) is 3.23. The zero-order valence-electron chi connectivity index (χ0n) is 18.8. The number of hydrogen-bond acceptors (Lipinski definition) is 6. The van der Waals surface area contributed by atoms with E-state index in [0.29, 0.717) is 46.7 Å². The van der Waals surface area contributed by atoms with E-state index in [1.807, 2.05) is 36.6 Å². The Bertz CT molecular complexity index is 1270. The Morgan fingerprint density at radius 3 is 2.58 bits per heavy atom. The van der Waals surface area contributed by atoms with Gasteiger partial charge in [0.1, 0.15) is 18.4 Å². The number of esters is 1. The van der Waals surface area contributed by atoms with E-state index in [4.69, 9.17) is 25.8 Å². The summed E-state index contributed by atoms with van der Waals surface area (Å²) in [5, 5.41) is 4.60. The van der Waals surface area contributed by atoms with Gasteiger partial charge in [-0.1, -0.05) is 11.6 Å². The van der Waals surface area contributed by atoms with Crippen molar-refractivity contribution < 1.29 is 23.8 Å². The second kappa shape index (κ2) is 9.15. The van der Waals surface area contributed by atoms with Crippen molar-refractivity contribution in [3.05, 3.63) is 63.7 Å². The lowest BCUT2D eigenvalue weighted by Crippen LogP contribution is -2.16. The molecule has 33 heavy (non-hydrogen) atoms. The summed E-state index contributed by atoms with van der Waals surface area (Å²) in [5.74, 6) is 0.447. The quantitative estimate of drug-likeness (QED) is 0.308. The lowest BCUT2D eigenvalue weighted by Gasteiger charge is -2.20.